The minimum absolute atomic E-state index is 0.172. The van der Waals surface area contributed by atoms with Crippen LogP contribution in [0.25, 0.3) is 0 Å². The average Bonchev–Trinajstić information content (AvgIpc) is 2.60. The molecular formula is C17H15F2NO4. The van der Waals surface area contributed by atoms with E-state index in [1.54, 1.807) is 24.3 Å². The molecule has 0 fully saturated rings. The van der Waals surface area contributed by atoms with Crippen LogP contribution in [0.15, 0.2) is 42.5 Å². The fourth-order valence-corrected chi connectivity index (χ4v) is 1.87. The van der Waals surface area contributed by atoms with Crippen molar-refractivity contribution in [2.24, 2.45) is 0 Å². The van der Waals surface area contributed by atoms with Gasteiger partial charge < -0.3 is 14.8 Å². The van der Waals surface area contributed by atoms with E-state index in [2.05, 4.69) is 5.32 Å². The maximum Gasteiger partial charge on any atom is 0.338 e. The summed E-state index contributed by atoms with van der Waals surface area (Å²) in [6, 6.07) is 9.72. The summed E-state index contributed by atoms with van der Waals surface area (Å²) in [7, 11) is 1.54. The number of hydrogen-bond donors (Lipinski definition) is 1. The normalized spacial score (nSPS) is 10.1. The third-order valence-corrected chi connectivity index (χ3v) is 3.11. The van der Waals surface area contributed by atoms with E-state index in [1.807, 2.05) is 0 Å². The van der Waals surface area contributed by atoms with Crippen LogP contribution in [0.4, 0.5) is 8.78 Å². The number of hydrogen-bond acceptors (Lipinski definition) is 4. The van der Waals surface area contributed by atoms with Crippen LogP contribution in [0.2, 0.25) is 0 Å². The smallest absolute Gasteiger partial charge is 0.338 e. The predicted octanol–water partition coefficient (Wildman–Crippen LogP) is 2.45. The first-order chi connectivity index (χ1) is 11.5. The number of carbonyl (C=O) groups excluding carboxylic acids is 2. The van der Waals surface area contributed by atoms with Gasteiger partial charge in [-0.05, 0) is 35.9 Å². The molecule has 0 aliphatic rings. The molecule has 2 aromatic carbocycles. The van der Waals surface area contributed by atoms with E-state index >= 15 is 0 Å². The van der Waals surface area contributed by atoms with Gasteiger partial charge in [0.25, 0.3) is 5.91 Å². The molecule has 126 valence electrons. The molecule has 0 heterocycles. The van der Waals surface area contributed by atoms with E-state index in [0.717, 1.165) is 17.7 Å². The van der Waals surface area contributed by atoms with Crippen molar-refractivity contribution in [3.63, 3.8) is 0 Å². The average molecular weight is 335 g/mol. The van der Waals surface area contributed by atoms with Crippen LogP contribution < -0.4 is 10.1 Å². The third kappa shape index (κ3) is 4.77. The second-order valence-corrected chi connectivity index (χ2v) is 4.83. The van der Waals surface area contributed by atoms with Crippen LogP contribution in [0.3, 0.4) is 0 Å². The Hall–Kier alpha value is -2.96. The summed E-state index contributed by atoms with van der Waals surface area (Å²) in [5.41, 5.74) is 0.643. The maximum absolute atomic E-state index is 13.0. The highest BCUT2D eigenvalue weighted by atomic mass is 19.2. The van der Waals surface area contributed by atoms with Gasteiger partial charge in [-0.3, -0.25) is 4.79 Å². The molecule has 7 heteroatoms. The molecule has 1 N–H and O–H groups in total. The number of amides is 1. The summed E-state index contributed by atoms with van der Waals surface area (Å²) in [4.78, 5) is 23.3. The molecule has 0 radical (unpaired) electrons. The lowest BCUT2D eigenvalue weighted by atomic mass is 10.2. The Morgan fingerprint density at radius 1 is 1.08 bits per heavy atom. The lowest BCUT2D eigenvalue weighted by Gasteiger charge is -2.08. The number of rotatable bonds is 6. The number of nitrogens with one attached hydrogen (secondary N) is 1. The van der Waals surface area contributed by atoms with Crippen LogP contribution in [0.1, 0.15) is 15.9 Å². The van der Waals surface area contributed by atoms with Crippen LogP contribution >= 0.6 is 0 Å². The molecule has 24 heavy (non-hydrogen) atoms. The zero-order valence-electron chi connectivity index (χ0n) is 12.8. The molecular weight excluding hydrogens is 320 g/mol. The van der Waals surface area contributed by atoms with Gasteiger partial charge >= 0.3 is 5.97 Å². The van der Waals surface area contributed by atoms with Gasteiger partial charge in [-0.2, -0.15) is 0 Å². The molecule has 0 spiro atoms. The molecule has 2 rings (SSSR count). The van der Waals surface area contributed by atoms with Crippen molar-refractivity contribution in [1.82, 2.24) is 5.32 Å². The lowest BCUT2D eigenvalue weighted by molar-refractivity contribution is -0.124. The number of ether oxygens (including phenoxy) is 2. The largest absolute Gasteiger partial charge is 0.497 e. The Bertz CT molecular complexity index is 749. The standard InChI is InChI=1S/C17H15F2NO4/c1-23-13-4-2-3-11(7-13)9-20-16(21)10-24-17(22)12-5-6-14(18)15(19)8-12/h2-8H,9-10H2,1H3,(H,20,21). The quantitative estimate of drug-likeness (QED) is 0.824. The number of esters is 1. The molecule has 0 bridgehead atoms. The topological polar surface area (TPSA) is 64.6 Å². The Kier molecular flexibility index (Phi) is 5.83. The molecule has 0 saturated heterocycles. The van der Waals surface area contributed by atoms with E-state index in [0.29, 0.717) is 11.8 Å². The second-order valence-electron chi connectivity index (χ2n) is 4.83. The zero-order valence-corrected chi connectivity index (χ0v) is 12.8. The van der Waals surface area contributed by atoms with Crippen molar-refractivity contribution in [2.75, 3.05) is 13.7 Å². The number of halogens is 2. The van der Waals surface area contributed by atoms with Crippen molar-refractivity contribution in [3.8, 4) is 5.75 Å². The summed E-state index contributed by atoms with van der Waals surface area (Å²) < 4.78 is 35.6. The molecule has 0 aliphatic heterocycles. The monoisotopic (exact) mass is 335 g/mol. The van der Waals surface area contributed by atoms with Gasteiger partial charge in [0, 0.05) is 6.54 Å². The first-order valence-electron chi connectivity index (χ1n) is 7.01. The summed E-state index contributed by atoms with van der Waals surface area (Å²) in [6.07, 6.45) is 0. The molecule has 0 aliphatic carbocycles. The second kappa shape index (κ2) is 8.05. The van der Waals surface area contributed by atoms with E-state index in [4.69, 9.17) is 9.47 Å². The summed E-state index contributed by atoms with van der Waals surface area (Å²) in [5.74, 6) is -3.00. The van der Waals surface area contributed by atoms with Crippen LogP contribution in [-0.2, 0) is 16.1 Å². The molecule has 1 amide bonds. The van der Waals surface area contributed by atoms with Crippen molar-refractivity contribution >= 4 is 11.9 Å². The summed E-state index contributed by atoms with van der Waals surface area (Å²) in [6.45, 7) is -0.291. The van der Waals surface area contributed by atoms with Gasteiger partial charge in [0.05, 0.1) is 12.7 Å². The Balaban J connectivity index is 1.82. The van der Waals surface area contributed by atoms with E-state index in [9.17, 15) is 18.4 Å². The third-order valence-electron chi connectivity index (χ3n) is 3.11. The highest BCUT2D eigenvalue weighted by Gasteiger charge is 2.12. The Morgan fingerprint density at radius 2 is 1.88 bits per heavy atom. The van der Waals surface area contributed by atoms with Crippen molar-refractivity contribution in [1.29, 1.82) is 0 Å². The van der Waals surface area contributed by atoms with E-state index in [-0.39, 0.29) is 12.1 Å². The Morgan fingerprint density at radius 3 is 2.58 bits per heavy atom. The first-order valence-corrected chi connectivity index (χ1v) is 7.01. The van der Waals surface area contributed by atoms with Crippen LogP contribution in [0.5, 0.6) is 5.75 Å². The minimum Gasteiger partial charge on any atom is -0.497 e. The zero-order chi connectivity index (χ0) is 17.5. The van der Waals surface area contributed by atoms with Gasteiger partial charge in [0.1, 0.15) is 5.75 Å². The minimum atomic E-state index is -1.16. The predicted molar refractivity (Wildman–Crippen MR) is 81.5 cm³/mol. The highest BCUT2D eigenvalue weighted by Crippen LogP contribution is 2.12. The van der Waals surface area contributed by atoms with Crippen LogP contribution in [0, 0.1) is 11.6 Å². The fourth-order valence-electron chi connectivity index (χ4n) is 1.87. The molecule has 0 unspecified atom stereocenters. The van der Waals surface area contributed by atoms with Gasteiger partial charge in [-0.25, -0.2) is 13.6 Å². The van der Waals surface area contributed by atoms with Gasteiger partial charge in [0.2, 0.25) is 0 Å². The van der Waals surface area contributed by atoms with Gasteiger partial charge in [-0.15, -0.1) is 0 Å². The summed E-state index contributed by atoms with van der Waals surface area (Å²) in [5, 5.41) is 2.57. The van der Waals surface area contributed by atoms with Gasteiger partial charge in [-0.1, -0.05) is 12.1 Å². The number of benzene rings is 2. The SMILES string of the molecule is COc1cccc(CNC(=O)COC(=O)c2ccc(F)c(F)c2)c1. The Labute approximate surface area is 137 Å². The van der Waals surface area contributed by atoms with Crippen molar-refractivity contribution in [2.45, 2.75) is 6.54 Å². The molecule has 0 aromatic heterocycles. The fraction of sp³-hybridized carbons (Fsp3) is 0.176. The van der Waals surface area contributed by atoms with E-state index < -0.39 is 30.1 Å². The highest BCUT2D eigenvalue weighted by molar-refractivity contribution is 5.91. The number of methoxy groups -OCH3 is 1. The maximum atomic E-state index is 13.0. The molecule has 2 aromatic rings. The summed E-state index contributed by atoms with van der Waals surface area (Å²) >= 11 is 0. The number of carbonyl (C=O) groups is 2. The van der Waals surface area contributed by atoms with Gasteiger partial charge in [0.15, 0.2) is 18.2 Å². The first kappa shape index (κ1) is 17.4. The van der Waals surface area contributed by atoms with Crippen LogP contribution in [-0.4, -0.2) is 25.6 Å². The van der Waals surface area contributed by atoms with E-state index in [1.165, 1.54) is 7.11 Å². The molecule has 5 nitrogen and oxygen atoms in total. The molecule has 0 atom stereocenters. The molecule has 0 saturated carbocycles. The van der Waals surface area contributed by atoms with Crippen molar-refractivity contribution < 1.29 is 27.8 Å². The van der Waals surface area contributed by atoms with Crippen molar-refractivity contribution in [3.05, 3.63) is 65.2 Å². The lowest BCUT2D eigenvalue weighted by Crippen LogP contribution is -2.28.